The van der Waals surface area contributed by atoms with Gasteiger partial charge in [-0.3, -0.25) is 14.4 Å². The molecule has 0 bridgehead atoms. The summed E-state index contributed by atoms with van der Waals surface area (Å²) in [4.78, 5) is 33.9. The van der Waals surface area contributed by atoms with Crippen molar-refractivity contribution in [2.45, 2.75) is 12.8 Å². The van der Waals surface area contributed by atoms with Gasteiger partial charge in [0.15, 0.2) is 0 Å². The highest BCUT2D eigenvalue weighted by Crippen LogP contribution is 2.02. The zero-order valence-corrected chi connectivity index (χ0v) is 11.6. The maximum atomic E-state index is 12.7. The van der Waals surface area contributed by atoms with E-state index in [4.69, 9.17) is 0 Å². The van der Waals surface area contributed by atoms with Crippen molar-refractivity contribution in [2.24, 2.45) is 0 Å². The monoisotopic (exact) mass is 296 g/mol. The molecule has 6 nitrogen and oxygen atoms in total. The van der Waals surface area contributed by atoms with Crippen molar-refractivity contribution in [3.8, 4) is 0 Å². The Morgan fingerprint density at radius 1 is 1.14 bits per heavy atom. The molecule has 7 heteroatoms. The lowest BCUT2D eigenvalue weighted by atomic mass is 10.2. The molecule has 0 spiro atoms. The Balaban J connectivity index is 2.22. The average Bonchev–Trinajstić information content (AvgIpc) is 2.49. The van der Waals surface area contributed by atoms with Crippen molar-refractivity contribution in [1.82, 2.24) is 10.6 Å². The maximum Gasteiger partial charge on any atom is 0.305 e. The zero-order valence-electron chi connectivity index (χ0n) is 11.6. The molecule has 0 saturated carbocycles. The summed E-state index contributed by atoms with van der Waals surface area (Å²) in [5.41, 5.74) is 0.273. The van der Waals surface area contributed by atoms with E-state index in [9.17, 15) is 18.8 Å². The summed E-state index contributed by atoms with van der Waals surface area (Å²) in [6.07, 6.45) is 0.684. The van der Waals surface area contributed by atoms with E-state index in [2.05, 4.69) is 15.4 Å². The highest BCUT2D eigenvalue weighted by atomic mass is 19.1. The Kier molecular flexibility index (Phi) is 6.86. The number of ether oxygens (including phenoxy) is 1. The predicted molar refractivity (Wildman–Crippen MR) is 73.0 cm³/mol. The molecule has 114 valence electrons. The number of methoxy groups -OCH3 is 1. The maximum absolute atomic E-state index is 12.7. The van der Waals surface area contributed by atoms with Crippen molar-refractivity contribution in [1.29, 1.82) is 0 Å². The third-order valence-corrected chi connectivity index (χ3v) is 2.62. The van der Waals surface area contributed by atoms with Crippen LogP contribution < -0.4 is 10.6 Å². The van der Waals surface area contributed by atoms with E-state index < -0.39 is 11.7 Å². The van der Waals surface area contributed by atoms with E-state index in [1.165, 1.54) is 31.4 Å². The fourth-order valence-electron chi connectivity index (χ4n) is 1.49. The van der Waals surface area contributed by atoms with Crippen molar-refractivity contribution >= 4 is 17.8 Å². The first-order valence-corrected chi connectivity index (χ1v) is 6.40. The molecular weight excluding hydrogens is 279 g/mol. The summed E-state index contributed by atoms with van der Waals surface area (Å²) in [6.45, 7) is 0.134. The number of amides is 2. The number of rotatable bonds is 7. The quantitative estimate of drug-likeness (QED) is 0.571. The van der Waals surface area contributed by atoms with Crippen LogP contribution in [0.1, 0.15) is 23.2 Å². The first kappa shape index (κ1) is 16.6. The molecule has 0 aliphatic heterocycles. The van der Waals surface area contributed by atoms with Gasteiger partial charge in [0.1, 0.15) is 5.82 Å². The second kappa shape index (κ2) is 8.68. The van der Waals surface area contributed by atoms with Gasteiger partial charge < -0.3 is 15.4 Å². The third-order valence-electron chi connectivity index (χ3n) is 2.62. The molecule has 21 heavy (non-hydrogen) atoms. The number of hydrogen-bond acceptors (Lipinski definition) is 4. The zero-order chi connectivity index (χ0) is 15.7. The largest absolute Gasteiger partial charge is 0.469 e. The number of nitrogens with one attached hydrogen (secondary N) is 2. The molecule has 1 aromatic carbocycles. The highest BCUT2D eigenvalue weighted by Gasteiger charge is 2.08. The van der Waals surface area contributed by atoms with Gasteiger partial charge in [0.05, 0.1) is 13.7 Å². The van der Waals surface area contributed by atoms with Crippen LogP contribution in [-0.2, 0) is 14.3 Å². The summed E-state index contributed by atoms with van der Waals surface area (Å²) in [6, 6.07) is 5.00. The summed E-state index contributed by atoms with van der Waals surface area (Å²) in [5.74, 6) is -1.60. The van der Waals surface area contributed by atoms with Crippen molar-refractivity contribution < 1.29 is 23.5 Å². The Bertz CT molecular complexity index is 502. The lowest BCUT2D eigenvalue weighted by molar-refractivity contribution is -0.140. The second-order valence-electron chi connectivity index (χ2n) is 4.22. The van der Waals surface area contributed by atoms with E-state index in [1.54, 1.807) is 0 Å². The van der Waals surface area contributed by atoms with Crippen LogP contribution in [0.4, 0.5) is 4.39 Å². The van der Waals surface area contributed by atoms with Crippen LogP contribution in [0, 0.1) is 5.82 Å². The lowest BCUT2D eigenvalue weighted by Gasteiger charge is -2.06. The molecule has 2 amide bonds. The summed E-state index contributed by atoms with van der Waals surface area (Å²) < 4.78 is 17.1. The van der Waals surface area contributed by atoms with Gasteiger partial charge in [-0.2, -0.15) is 0 Å². The smallest absolute Gasteiger partial charge is 0.305 e. The topological polar surface area (TPSA) is 84.5 Å². The summed E-state index contributed by atoms with van der Waals surface area (Å²) >= 11 is 0. The Morgan fingerprint density at radius 3 is 2.43 bits per heavy atom. The minimum absolute atomic E-state index is 0.186. The molecule has 1 aromatic rings. The number of hydrogen-bond donors (Lipinski definition) is 2. The van der Waals surface area contributed by atoms with Gasteiger partial charge in [0, 0.05) is 18.5 Å². The van der Waals surface area contributed by atoms with E-state index in [1.807, 2.05) is 0 Å². The molecule has 0 aliphatic carbocycles. The first-order chi connectivity index (χ1) is 10.0. The lowest BCUT2D eigenvalue weighted by Crippen LogP contribution is -2.37. The number of benzene rings is 1. The van der Waals surface area contributed by atoms with Crippen LogP contribution in [0.5, 0.6) is 0 Å². The van der Waals surface area contributed by atoms with Crippen LogP contribution in [0.15, 0.2) is 24.3 Å². The van der Waals surface area contributed by atoms with Crippen LogP contribution >= 0.6 is 0 Å². The molecule has 0 heterocycles. The molecule has 0 aliphatic rings. The van der Waals surface area contributed by atoms with Crippen molar-refractivity contribution in [3.05, 3.63) is 35.6 Å². The van der Waals surface area contributed by atoms with Crippen LogP contribution in [-0.4, -0.2) is 38.0 Å². The third kappa shape index (κ3) is 6.51. The van der Waals surface area contributed by atoms with Crippen LogP contribution in [0.2, 0.25) is 0 Å². The van der Waals surface area contributed by atoms with E-state index in [0.717, 1.165) is 0 Å². The average molecular weight is 296 g/mol. The number of carbonyl (C=O) groups is 3. The van der Waals surface area contributed by atoms with Crippen molar-refractivity contribution in [2.75, 3.05) is 20.2 Å². The van der Waals surface area contributed by atoms with E-state index in [0.29, 0.717) is 13.0 Å². The fourth-order valence-corrected chi connectivity index (χ4v) is 1.49. The molecule has 0 radical (unpaired) electrons. The van der Waals surface area contributed by atoms with Gasteiger partial charge >= 0.3 is 5.97 Å². The first-order valence-electron chi connectivity index (χ1n) is 6.40. The van der Waals surface area contributed by atoms with E-state index >= 15 is 0 Å². The van der Waals surface area contributed by atoms with Gasteiger partial charge in [-0.05, 0) is 30.7 Å². The van der Waals surface area contributed by atoms with Gasteiger partial charge in [-0.1, -0.05) is 0 Å². The summed E-state index contributed by atoms with van der Waals surface area (Å²) in [5, 5.41) is 4.97. The Morgan fingerprint density at radius 2 is 1.81 bits per heavy atom. The predicted octanol–water partition coefficient (Wildman–Crippen LogP) is 0.625. The molecule has 2 N–H and O–H groups in total. The van der Waals surface area contributed by atoms with Gasteiger partial charge in [0.25, 0.3) is 5.91 Å². The molecule has 1 rings (SSSR count). The Labute approximate surface area is 121 Å². The molecule has 0 saturated heterocycles. The van der Waals surface area contributed by atoms with Crippen LogP contribution in [0.3, 0.4) is 0 Å². The number of esters is 1. The summed E-state index contributed by atoms with van der Waals surface area (Å²) in [7, 11) is 1.30. The van der Waals surface area contributed by atoms with Crippen LogP contribution in [0.25, 0.3) is 0 Å². The minimum Gasteiger partial charge on any atom is -0.469 e. The SMILES string of the molecule is COC(=O)CCCNC(=O)CNC(=O)c1ccc(F)cc1. The Hall–Kier alpha value is -2.44. The minimum atomic E-state index is -0.459. The standard InChI is InChI=1S/C14H17FN2O4/c1-21-13(19)3-2-8-16-12(18)9-17-14(20)10-4-6-11(15)7-5-10/h4-7H,2-3,8-9H2,1H3,(H,16,18)(H,17,20). The molecule has 0 atom stereocenters. The van der Waals surface area contributed by atoms with Crippen molar-refractivity contribution in [3.63, 3.8) is 0 Å². The second-order valence-corrected chi connectivity index (χ2v) is 4.22. The molecule has 0 fully saturated rings. The van der Waals surface area contributed by atoms with Gasteiger partial charge in [0.2, 0.25) is 5.91 Å². The number of carbonyl (C=O) groups excluding carboxylic acids is 3. The molecule has 0 aromatic heterocycles. The fraction of sp³-hybridized carbons (Fsp3) is 0.357. The van der Waals surface area contributed by atoms with E-state index in [-0.39, 0.29) is 30.4 Å². The molecular formula is C14H17FN2O4. The normalized spacial score (nSPS) is 9.81. The van der Waals surface area contributed by atoms with Gasteiger partial charge in [-0.25, -0.2) is 4.39 Å². The number of halogens is 1. The highest BCUT2D eigenvalue weighted by molar-refractivity contribution is 5.96. The molecule has 0 unspecified atom stereocenters. The van der Waals surface area contributed by atoms with Gasteiger partial charge in [-0.15, -0.1) is 0 Å².